The summed E-state index contributed by atoms with van der Waals surface area (Å²) in [6.45, 7) is 8.26. The van der Waals surface area contributed by atoms with Crippen LogP contribution in [0.3, 0.4) is 0 Å². The van der Waals surface area contributed by atoms with Crippen LogP contribution in [0.15, 0.2) is 0 Å². The van der Waals surface area contributed by atoms with Gasteiger partial charge in [0, 0.05) is 19.1 Å². The summed E-state index contributed by atoms with van der Waals surface area (Å²) >= 11 is 0. The third-order valence-electron chi connectivity index (χ3n) is 3.58. The van der Waals surface area contributed by atoms with Gasteiger partial charge < -0.3 is 5.32 Å². The molecule has 1 N–H and O–H groups in total. The summed E-state index contributed by atoms with van der Waals surface area (Å²) < 4.78 is 26.8. The predicted octanol–water partition coefficient (Wildman–Crippen LogP) is 1.58. The van der Waals surface area contributed by atoms with Crippen molar-refractivity contribution in [1.82, 2.24) is 9.62 Å². The van der Waals surface area contributed by atoms with Gasteiger partial charge in [-0.1, -0.05) is 20.3 Å². The lowest BCUT2D eigenvalue weighted by Gasteiger charge is -2.30. The van der Waals surface area contributed by atoms with Gasteiger partial charge in [0.1, 0.15) is 0 Å². The molecule has 1 rings (SSSR count). The third kappa shape index (κ3) is 3.66. The zero-order chi connectivity index (χ0) is 12.9. The van der Waals surface area contributed by atoms with Crippen LogP contribution in [-0.4, -0.2) is 43.6 Å². The Morgan fingerprint density at radius 1 is 1.41 bits per heavy atom. The van der Waals surface area contributed by atoms with E-state index in [0.29, 0.717) is 13.1 Å². The smallest absolute Gasteiger partial charge is 0.218 e. The molecule has 0 saturated carbocycles. The van der Waals surface area contributed by atoms with E-state index in [1.807, 2.05) is 13.8 Å². The Morgan fingerprint density at radius 3 is 2.59 bits per heavy atom. The quantitative estimate of drug-likeness (QED) is 0.758. The Kier molecular flexibility index (Phi) is 5.89. The molecule has 0 spiro atoms. The molecule has 1 aliphatic heterocycles. The maximum absolute atomic E-state index is 12.5. The van der Waals surface area contributed by atoms with Crippen molar-refractivity contribution in [3.63, 3.8) is 0 Å². The first-order valence-electron chi connectivity index (χ1n) is 6.75. The van der Waals surface area contributed by atoms with E-state index in [0.717, 1.165) is 32.2 Å². The summed E-state index contributed by atoms with van der Waals surface area (Å²) in [6.07, 6.45) is 3.61. The molecule has 0 bridgehead atoms. The molecule has 2 unspecified atom stereocenters. The first kappa shape index (κ1) is 14.9. The Hall–Kier alpha value is -0.130. The fourth-order valence-electron chi connectivity index (χ4n) is 2.19. The Balaban J connectivity index is 2.79. The fraction of sp³-hybridized carbons (Fsp3) is 1.00. The predicted molar refractivity (Wildman–Crippen MR) is 71.6 cm³/mol. The van der Waals surface area contributed by atoms with Gasteiger partial charge in [-0.15, -0.1) is 0 Å². The zero-order valence-electron chi connectivity index (χ0n) is 11.3. The Labute approximate surface area is 106 Å². The second-order valence-corrected chi connectivity index (χ2v) is 7.05. The summed E-state index contributed by atoms with van der Waals surface area (Å²) in [5.74, 6) is 0. The number of sulfonamides is 1. The van der Waals surface area contributed by atoms with Gasteiger partial charge in [0.05, 0.1) is 5.25 Å². The molecule has 102 valence electrons. The van der Waals surface area contributed by atoms with Gasteiger partial charge in [-0.2, -0.15) is 4.31 Å². The van der Waals surface area contributed by atoms with Crippen LogP contribution in [0.2, 0.25) is 0 Å². The summed E-state index contributed by atoms with van der Waals surface area (Å²) in [5.41, 5.74) is 0. The van der Waals surface area contributed by atoms with Gasteiger partial charge in [0.25, 0.3) is 0 Å². The molecule has 0 aliphatic carbocycles. The third-order valence-corrected chi connectivity index (χ3v) is 6.02. The molecular formula is C12H26N2O2S. The van der Waals surface area contributed by atoms with E-state index in [2.05, 4.69) is 12.2 Å². The van der Waals surface area contributed by atoms with E-state index in [1.165, 1.54) is 0 Å². The van der Waals surface area contributed by atoms with Crippen molar-refractivity contribution in [3.05, 3.63) is 0 Å². The van der Waals surface area contributed by atoms with Crippen LogP contribution in [0.4, 0.5) is 0 Å². The van der Waals surface area contributed by atoms with Crippen molar-refractivity contribution in [1.29, 1.82) is 0 Å². The molecule has 1 fully saturated rings. The second-order valence-electron chi connectivity index (χ2n) is 4.88. The van der Waals surface area contributed by atoms with Crippen LogP contribution in [0.5, 0.6) is 0 Å². The largest absolute Gasteiger partial charge is 0.315 e. The van der Waals surface area contributed by atoms with Crippen molar-refractivity contribution in [2.75, 3.05) is 19.6 Å². The van der Waals surface area contributed by atoms with Gasteiger partial charge in [0.15, 0.2) is 0 Å². The van der Waals surface area contributed by atoms with Crippen LogP contribution in [-0.2, 0) is 10.0 Å². The highest BCUT2D eigenvalue weighted by Crippen LogP contribution is 2.20. The van der Waals surface area contributed by atoms with E-state index in [4.69, 9.17) is 0 Å². The molecule has 17 heavy (non-hydrogen) atoms. The second kappa shape index (κ2) is 6.71. The summed E-state index contributed by atoms with van der Waals surface area (Å²) in [4.78, 5) is 0. The van der Waals surface area contributed by atoms with Crippen LogP contribution in [0.1, 0.15) is 46.5 Å². The number of hydrogen-bond acceptors (Lipinski definition) is 3. The molecule has 1 aliphatic rings. The minimum absolute atomic E-state index is 0.118. The maximum atomic E-state index is 12.5. The van der Waals surface area contributed by atoms with Crippen LogP contribution in [0.25, 0.3) is 0 Å². The van der Waals surface area contributed by atoms with Crippen LogP contribution < -0.4 is 5.32 Å². The van der Waals surface area contributed by atoms with E-state index in [9.17, 15) is 8.42 Å². The summed E-state index contributed by atoms with van der Waals surface area (Å²) in [6, 6.07) is 0.118. The van der Waals surface area contributed by atoms with Gasteiger partial charge >= 0.3 is 0 Å². The highest BCUT2D eigenvalue weighted by atomic mass is 32.2. The Morgan fingerprint density at radius 2 is 2.12 bits per heavy atom. The van der Waals surface area contributed by atoms with Crippen molar-refractivity contribution < 1.29 is 8.42 Å². The van der Waals surface area contributed by atoms with Gasteiger partial charge in [-0.25, -0.2) is 8.42 Å². The topological polar surface area (TPSA) is 49.4 Å². The lowest BCUT2D eigenvalue weighted by atomic mass is 10.2. The van der Waals surface area contributed by atoms with E-state index in [-0.39, 0.29) is 11.3 Å². The minimum atomic E-state index is -3.11. The van der Waals surface area contributed by atoms with E-state index >= 15 is 0 Å². The zero-order valence-corrected chi connectivity index (χ0v) is 12.1. The van der Waals surface area contributed by atoms with Gasteiger partial charge in [-0.3, -0.25) is 0 Å². The lowest BCUT2D eigenvalue weighted by Crippen LogP contribution is -2.45. The highest BCUT2D eigenvalue weighted by molar-refractivity contribution is 7.89. The molecule has 1 saturated heterocycles. The Bertz CT molecular complexity index is 310. The molecule has 0 radical (unpaired) electrons. The number of rotatable bonds is 7. The van der Waals surface area contributed by atoms with Gasteiger partial charge in [-0.05, 0) is 32.7 Å². The van der Waals surface area contributed by atoms with Crippen molar-refractivity contribution >= 4 is 10.0 Å². The summed E-state index contributed by atoms with van der Waals surface area (Å²) in [7, 11) is -3.11. The summed E-state index contributed by atoms with van der Waals surface area (Å²) in [5, 5.41) is 2.93. The normalized spacial score (nSPS) is 23.2. The van der Waals surface area contributed by atoms with Gasteiger partial charge in [0.2, 0.25) is 10.0 Å². The highest BCUT2D eigenvalue weighted by Gasteiger charge is 2.35. The average Bonchev–Trinajstić information content (AvgIpc) is 2.83. The molecule has 1 heterocycles. The first-order chi connectivity index (χ1) is 8.04. The monoisotopic (exact) mass is 262 g/mol. The van der Waals surface area contributed by atoms with Crippen molar-refractivity contribution in [2.45, 2.75) is 57.7 Å². The number of nitrogens with one attached hydrogen (secondary N) is 1. The molecule has 0 aromatic heterocycles. The number of nitrogens with zero attached hydrogens (tertiary/aromatic N) is 1. The first-order valence-corrected chi connectivity index (χ1v) is 8.25. The number of unbranched alkanes of at least 4 members (excludes halogenated alkanes) is 1. The SMILES string of the molecule is CCCCN(C(C)CC)S(=O)(=O)C1CCNC1. The van der Waals surface area contributed by atoms with Crippen molar-refractivity contribution in [2.24, 2.45) is 0 Å². The molecule has 0 aromatic rings. The van der Waals surface area contributed by atoms with Crippen LogP contribution >= 0.6 is 0 Å². The standard InChI is InChI=1S/C12H26N2O2S/c1-4-6-9-14(11(3)5-2)17(15,16)12-7-8-13-10-12/h11-13H,4-10H2,1-3H3. The number of hydrogen-bond donors (Lipinski definition) is 1. The molecule has 2 atom stereocenters. The van der Waals surface area contributed by atoms with E-state index in [1.54, 1.807) is 4.31 Å². The minimum Gasteiger partial charge on any atom is -0.315 e. The fourth-order valence-corrected chi connectivity index (χ4v) is 4.35. The molecule has 0 amide bonds. The molecule has 4 nitrogen and oxygen atoms in total. The van der Waals surface area contributed by atoms with Crippen molar-refractivity contribution in [3.8, 4) is 0 Å². The average molecular weight is 262 g/mol. The lowest BCUT2D eigenvalue weighted by molar-refractivity contribution is 0.320. The maximum Gasteiger partial charge on any atom is 0.218 e. The van der Waals surface area contributed by atoms with E-state index < -0.39 is 10.0 Å². The molecular weight excluding hydrogens is 236 g/mol. The van der Waals surface area contributed by atoms with Crippen LogP contribution in [0, 0.1) is 0 Å². The molecule has 5 heteroatoms. The molecule has 0 aromatic carbocycles.